The molecule has 1 aliphatic rings. The van der Waals surface area contributed by atoms with Gasteiger partial charge in [-0.25, -0.2) is 0 Å². The summed E-state index contributed by atoms with van der Waals surface area (Å²) in [7, 11) is 0. The molecule has 2 aromatic rings. The number of para-hydroxylation sites is 1. The molecule has 176 valence electrons. The molecule has 3 rings (SSSR count). The second-order valence-electron chi connectivity index (χ2n) is 8.57. The molecule has 1 saturated carbocycles. The predicted molar refractivity (Wildman–Crippen MR) is 129 cm³/mol. The molecule has 0 bridgehead atoms. The third-order valence-electron chi connectivity index (χ3n) is 5.89. The molecular weight excluding hydrogens is 416 g/mol. The van der Waals surface area contributed by atoms with Crippen molar-refractivity contribution in [1.29, 1.82) is 0 Å². The molecule has 2 aromatic carbocycles. The number of nitrogens with one attached hydrogen (secondary N) is 2. The van der Waals surface area contributed by atoms with E-state index in [2.05, 4.69) is 22.8 Å². The van der Waals surface area contributed by atoms with Crippen molar-refractivity contribution >= 4 is 23.5 Å². The van der Waals surface area contributed by atoms with Crippen molar-refractivity contribution in [2.45, 2.75) is 70.3 Å². The maximum atomic E-state index is 12.7. The Kier molecular flexibility index (Phi) is 9.95. The van der Waals surface area contributed by atoms with Crippen LogP contribution in [0.4, 0.5) is 5.69 Å². The van der Waals surface area contributed by atoms with E-state index in [4.69, 9.17) is 4.74 Å². The summed E-state index contributed by atoms with van der Waals surface area (Å²) in [6, 6.07) is 17.3. The number of ether oxygens (including phenoxy) is 1. The van der Waals surface area contributed by atoms with Crippen molar-refractivity contribution < 1.29 is 19.1 Å². The fraction of sp³-hybridized carbons (Fsp3) is 0.444. The number of benzene rings is 2. The molecule has 0 saturated heterocycles. The van der Waals surface area contributed by atoms with Gasteiger partial charge in [-0.3, -0.25) is 14.4 Å². The Hall–Kier alpha value is -3.15. The zero-order valence-electron chi connectivity index (χ0n) is 19.2. The molecule has 2 amide bonds. The van der Waals surface area contributed by atoms with Crippen LogP contribution in [0.1, 0.15) is 73.7 Å². The molecule has 0 aromatic heterocycles. The van der Waals surface area contributed by atoms with Crippen LogP contribution in [0.25, 0.3) is 0 Å². The molecule has 0 spiro atoms. The molecule has 0 heterocycles. The molecule has 0 radical (unpaired) electrons. The Morgan fingerprint density at radius 2 is 1.58 bits per heavy atom. The molecule has 2 N–H and O–H groups in total. The molecule has 6 heteroatoms. The molecule has 1 fully saturated rings. The number of carbonyl (C=O) groups is 3. The van der Waals surface area contributed by atoms with Crippen molar-refractivity contribution in [2.24, 2.45) is 0 Å². The third-order valence-corrected chi connectivity index (χ3v) is 5.89. The van der Waals surface area contributed by atoms with Crippen LogP contribution in [0, 0.1) is 0 Å². The number of hydrogen-bond donors (Lipinski definition) is 2. The van der Waals surface area contributed by atoms with Gasteiger partial charge in [-0.15, -0.1) is 0 Å². The summed E-state index contributed by atoms with van der Waals surface area (Å²) in [6.07, 6.45) is 7.93. The lowest BCUT2D eigenvalue weighted by Crippen LogP contribution is -2.36. The van der Waals surface area contributed by atoms with E-state index in [1.807, 2.05) is 18.2 Å². The number of carbonyl (C=O) groups excluding carboxylic acids is 3. The molecule has 33 heavy (non-hydrogen) atoms. The zero-order chi connectivity index (χ0) is 23.3. The fourth-order valence-electron chi connectivity index (χ4n) is 4.09. The van der Waals surface area contributed by atoms with E-state index in [9.17, 15) is 14.4 Å². The highest BCUT2D eigenvalue weighted by atomic mass is 16.5. The maximum absolute atomic E-state index is 12.7. The minimum Gasteiger partial charge on any atom is -0.466 e. The van der Waals surface area contributed by atoms with Crippen molar-refractivity contribution in [3.63, 3.8) is 0 Å². The van der Waals surface area contributed by atoms with Crippen LogP contribution >= 0.6 is 0 Å². The highest BCUT2D eigenvalue weighted by Crippen LogP contribution is 2.20. The monoisotopic (exact) mass is 450 g/mol. The van der Waals surface area contributed by atoms with Gasteiger partial charge in [-0.2, -0.15) is 0 Å². The normalized spacial score (nSPS) is 13.8. The second-order valence-corrected chi connectivity index (χ2v) is 8.57. The Morgan fingerprint density at radius 1 is 0.848 bits per heavy atom. The quantitative estimate of drug-likeness (QED) is 0.371. The Labute approximate surface area is 196 Å². The van der Waals surface area contributed by atoms with E-state index in [1.54, 1.807) is 24.3 Å². The summed E-state index contributed by atoms with van der Waals surface area (Å²) < 4.78 is 5.26. The van der Waals surface area contributed by atoms with Gasteiger partial charge in [0.2, 0.25) is 5.91 Å². The maximum Gasteiger partial charge on any atom is 0.305 e. The van der Waals surface area contributed by atoms with Gasteiger partial charge in [0.15, 0.2) is 0 Å². The SMILES string of the molecule is O=C(CCCC(=O)OCCCc1ccccc1)Nc1ccccc1C(=O)NC1CCCCC1. The topological polar surface area (TPSA) is 84.5 Å². The van der Waals surface area contributed by atoms with Crippen LogP contribution in [0.2, 0.25) is 0 Å². The van der Waals surface area contributed by atoms with Gasteiger partial charge < -0.3 is 15.4 Å². The second kappa shape index (κ2) is 13.4. The number of esters is 1. The van der Waals surface area contributed by atoms with Gasteiger partial charge in [0, 0.05) is 18.9 Å². The predicted octanol–water partition coefficient (Wildman–Crippen LogP) is 5.03. The van der Waals surface area contributed by atoms with E-state index in [1.165, 1.54) is 12.0 Å². The first-order valence-electron chi connectivity index (χ1n) is 12.0. The standard InChI is InChI=1S/C27H34N2O4/c30-25(18-9-19-26(31)33-20-10-13-21-11-3-1-4-12-21)29-24-17-8-7-16-23(24)27(32)28-22-14-5-2-6-15-22/h1,3-4,7-8,11-12,16-17,22H,2,5-6,9-10,13-15,18-20H2,(H,28,32)(H,29,30). The van der Waals surface area contributed by atoms with E-state index >= 15 is 0 Å². The molecule has 1 aliphatic carbocycles. The average molecular weight is 451 g/mol. The Morgan fingerprint density at radius 3 is 2.36 bits per heavy atom. The lowest BCUT2D eigenvalue weighted by Gasteiger charge is -2.23. The first-order chi connectivity index (χ1) is 16.1. The van der Waals surface area contributed by atoms with Gasteiger partial charge in [-0.1, -0.05) is 61.7 Å². The highest BCUT2D eigenvalue weighted by Gasteiger charge is 2.19. The van der Waals surface area contributed by atoms with E-state index in [0.29, 0.717) is 24.3 Å². The van der Waals surface area contributed by atoms with Gasteiger partial charge >= 0.3 is 5.97 Å². The van der Waals surface area contributed by atoms with Gasteiger partial charge in [0.05, 0.1) is 17.9 Å². The van der Waals surface area contributed by atoms with Gasteiger partial charge in [0.1, 0.15) is 0 Å². The average Bonchev–Trinajstić information content (AvgIpc) is 2.83. The molecule has 6 nitrogen and oxygen atoms in total. The summed E-state index contributed by atoms with van der Waals surface area (Å²) in [5.74, 6) is -0.662. The summed E-state index contributed by atoms with van der Waals surface area (Å²) in [5.41, 5.74) is 2.19. The first-order valence-corrected chi connectivity index (χ1v) is 12.0. The van der Waals surface area contributed by atoms with E-state index < -0.39 is 0 Å². The molecule has 0 unspecified atom stereocenters. The molecule has 0 aliphatic heterocycles. The van der Waals surface area contributed by atoms with Crippen LogP contribution in [-0.2, 0) is 20.7 Å². The minimum atomic E-state index is -0.289. The largest absolute Gasteiger partial charge is 0.466 e. The van der Waals surface area contributed by atoms with Crippen LogP contribution in [-0.4, -0.2) is 30.4 Å². The summed E-state index contributed by atoms with van der Waals surface area (Å²) >= 11 is 0. The van der Waals surface area contributed by atoms with Crippen molar-refractivity contribution in [3.8, 4) is 0 Å². The van der Waals surface area contributed by atoms with Gasteiger partial charge in [-0.05, 0) is 49.8 Å². The number of amides is 2. The number of hydrogen-bond acceptors (Lipinski definition) is 4. The van der Waals surface area contributed by atoms with Gasteiger partial charge in [0.25, 0.3) is 5.91 Å². The minimum absolute atomic E-state index is 0.156. The van der Waals surface area contributed by atoms with Crippen LogP contribution in [0.5, 0.6) is 0 Å². The number of rotatable bonds is 11. The van der Waals surface area contributed by atoms with E-state index in [-0.39, 0.29) is 36.7 Å². The molecular formula is C27H34N2O4. The fourth-order valence-corrected chi connectivity index (χ4v) is 4.09. The number of aryl methyl sites for hydroxylation is 1. The van der Waals surface area contributed by atoms with Crippen molar-refractivity contribution in [3.05, 3.63) is 65.7 Å². The first kappa shape index (κ1) is 24.5. The van der Waals surface area contributed by atoms with Crippen LogP contribution < -0.4 is 10.6 Å². The van der Waals surface area contributed by atoms with Crippen molar-refractivity contribution in [2.75, 3.05) is 11.9 Å². The summed E-state index contributed by atoms with van der Waals surface area (Å²) in [4.78, 5) is 37.0. The van der Waals surface area contributed by atoms with Crippen LogP contribution in [0.15, 0.2) is 54.6 Å². The summed E-state index contributed by atoms with van der Waals surface area (Å²) in [5, 5.41) is 5.91. The third kappa shape index (κ3) is 8.72. The smallest absolute Gasteiger partial charge is 0.305 e. The van der Waals surface area contributed by atoms with Crippen molar-refractivity contribution in [1.82, 2.24) is 5.32 Å². The molecule has 0 atom stereocenters. The summed E-state index contributed by atoms with van der Waals surface area (Å²) in [6.45, 7) is 0.378. The van der Waals surface area contributed by atoms with Crippen LogP contribution in [0.3, 0.4) is 0 Å². The van der Waals surface area contributed by atoms with E-state index in [0.717, 1.165) is 38.5 Å². The lowest BCUT2D eigenvalue weighted by molar-refractivity contribution is -0.143. The number of anilines is 1. The Bertz CT molecular complexity index is 907. The zero-order valence-corrected chi connectivity index (χ0v) is 19.2. The Balaban J connectivity index is 1.35. The lowest BCUT2D eigenvalue weighted by atomic mass is 9.95. The highest BCUT2D eigenvalue weighted by molar-refractivity contribution is 6.03.